The molecule has 7 nitrogen and oxygen atoms in total. The maximum atomic E-state index is 12.9. The summed E-state index contributed by atoms with van der Waals surface area (Å²) in [5.41, 5.74) is 0.411. The number of aromatic nitrogens is 3. The van der Waals surface area contributed by atoms with Gasteiger partial charge in [0.2, 0.25) is 5.91 Å². The molecule has 2 amide bonds. The van der Waals surface area contributed by atoms with Crippen molar-refractivity contribution in [2.24, 2.45) is 5.41 Å². The van der Waals surface area contributed by atoms with E-state index in [4.69, 9.17) is 0 Å². The molecule has 2 aromatic heterocycles. The summed E-state index contributed by atoms with van der Waals surface area (Å²) in [4.78, 5) is 38.4. The van der Waals surface area contributed by atoms with Gasteiger partial charge in [0.15, 0.2) is 0 Å². The van der Waals surface area contributed by atoms with Gasteiger partial charge in [-0.1, -0.05) is 20.8 Å². The molecule has 1 fully saturated rings. The van der Waals surface area contributed by atoms with Gasteiger partial charge in [-0.05, 0) is 32.3 Å². The number of rotatable bonds is 6. The molecule has 1 aliphatic heterocycles. The molecule has 7 heteroatoms. The van der Waals surface area contributed by atoms with Crippen molar-refractivity contribution >= 4 is 22.8 Å². The smallest absolute Gasteiger partial charge is 0.268 e. The van der Waals surface area contributed by atoms with Gasteiger partial charge < -0.3 is 15.2 Å². The number of nitrogens with one attached hydrogen (secondary N) is 2. The lowest BCUT2D eigenvalue weighted by Gasteiger charge is -2.51. The Balaban J connectivity index is 1.65. The molecule has 0 aromatic carbocycles. The van der Waals surface area contributed by atoms with Gasteiger partial charge in [-0.3, -0.25) is 9.59 Å². The zero-order chi connectivity index (χ0) is 18.9. The fourth-order valence-corrected chi connectivity index (χ4v) is 3.89. The molecule has 1 aliphatic rings. The minimum absolute atomic E-state index is 0.190. The van der Waals surface area contributed by atoms with Crippen molar-refractivity contribution in [3.63, 3.8) is 0 Å². The van der Waals surface area contributed by atoms with E-state index in [1.807, 2.05) is 11.8 Å². The Morgan fingerprint density at radius 1 is 1.27 bits per heavy atom. The highest BCUT2D eigenvalue weighted by atomic mass is 16.2. The molecule has 140 valence electrons. The van der Waals surface area contributed by atoms with Gasteiger partial charge in [0, 0.05) is 30.1 Å². The molecule has 26 heavy (non-hydrogen) atoms. The Kier molecular flexibility index (Phi) is 4.73. The van der Waals surface area contributed by atoms with E-state index in [1.165, 1.54) is 6.33 Å². The van der Waals surface area contributed by atoms with E-state index < -0.39 is 5.54 Å². The van der Waals surface area contributed by atoms with Crippen molar-refractivity contribution in [3.05, 3.63) is 24.3 Å². The van der Waals surface area contributed by atoms with Crippen LogP contribution in [0.25, 0.3) is 11.0 Å². The van der Waals surface area contributed by atoms with Crippen LogP contribution in [0.4, 0.5) is 0 Å². The summed E-state index contributed by atoms with van der Waals surface area (Å²) in [5.74, 6) is 0.0166. The first kappa shape index (κ1) is 18.4. The summed E-state index contributed by atoms with van der Waals surface area (Å²) >= 11 is 0. The minimum Gasteiger partial charge on any atom is -0.342 e. The molecule has 0 saturated carbocycles. The van der Waals surface area contributed by atoms with Crippen molar-refractivity contribution in [1.82, 2.24) is 25.2 Å². The maximum Gasteiger partial charge on any atom is 0.268 e. The van der Waals surface area contributed by atoms with Gasteiger partial charge in [0.05, 0.1) is 5.54 Å². The number of likely N-dealkylation sites (tertiary alicyclic amines) is 1. The summed E-state index contributed by atoms with van der Waals surface area (Å²) < 4.78 is 0. The van der Waals surface area contributed by atoms with Gasteiger partial charge in [-0.2, -0.15) is 0 Å². The number of nitrogens with zero attached hydrogens (tertiary/aromatic N) is 3. The first-order valence-corrected chi connectivity index (χ1v) is 9.27. The van der Waals surface area contributed by atoms with E-state index in [9.17, 15) is 9.59 Å². The lowest BCUT2D eigenvalue weighted by atomic mass is 9.76. The van der Waals surface area contributed by atoms with Gasteiger partial charge >= 0.3 is 0 Å². The minimum atomic E-state index is -0.406. The zero-order valence-electron chi connectivity index (χ0n) is 15.9. The Hall–Kier alpha value is -2.44. The quantitative estimate of drug-likeness (QED) is 0.831. The third kappa shape index (κ3) is 3.06. The third-order valence-corrected chi connectivity index (χ3v) is 5.80. The first-order chi connectivity index (χ1) is 12.4. The molecule has 0 unspecified atom stereocenters. The molecule has 3 rings (SSSR count). The van der Waals surface area contributed by atoms with Crippen LogP contribution in [-0.4, -0.2) is 50.3 Å². The molecule has 3 heterocycles. The molecular weight excluding hydrogens is 330 g/mol. The van der Waals surface area contributed by atoms with Crippen LogP contribution in [0.1, 0.15) is 57.4 Å². The van der Waals surface area contributed by atoms with Crippen LogP contribution < -0.4 is 5.32 Å². The fourth-order valence-electron chi connectivity index (χ4n) is 3.89. The topological polar surface area (TPSA) is 91.0 Å². The number of hydrogen-bond acceptors (Lipinski definition) is 4. The lowest BCUT2D eigenvalue weighted by molar-refractivity contribution is -0.151. The van der Waals surface area contributed by atoms with Crippen LogP contribution >= 0.6 is 0 Å². The van der Waals surface area contributed by atoms with E-state index >= 15 is 0 Å². The second-order valence-electron chi connectivity index (χ2n) is 7.53. The van der Waals surface area contributed by atoms with Crippen LogP contribution in [0.3, 0.4) is 0 Å². The monoisotopic (exact) mass is 357 g/mol. The Morgan fingerprint density at radius 2 is 1.92 bits per heavy atom. The number of carbonyl (C=O) groups excluding carboxylic acids is 2. The largest absolute Gasteiger partial charge is 0.342 e. The average Bonchev–Trinajstić information content (AvgIpc) is 3.05. The summed E-state index contributed by atoms with van der Waals surface area (Å²) in [6, 6.07) is 1.74. The number of fused-ring (bicyclic) bond motifs is 1. The van der Waals surface area contributed by atoms with Crippen LogP contribution in [0.5, 0.6) is 0 Å². The number of aromatic amines is 1. The SMILES string of the molecule is CCC(CC)(CC)C(=O)N1CC(C)(NC(=O)c2cc3cncnc3[nH]2)C1. The number of hydrogen-bond donors (Lipinski definition) is 2. The van der Waals surface area contributed by atoms with E-state index in [2.05, 4.69) is 41.0 Å². The lowest BCUT2D eigenvalue weighted by Crippen LogP contribution is -2.71. The van der Waals surface area contributed by atoms with Crippen LogP contribution in [-0.2, 0) is 4.79 Å². The van der Waals surface area contributed by atoms with Crippen molar-refractivity contribution < 1.29 is 9.59 Å². The Morgan fingerprint density at radius 3 is 2.50 bits per heavy atom. The predicted molar refractivity (Wildman–Crippen MR) is 99.6 cm³/mol. The van der Waals surface area contributed by atoms with Crippen LogP contribution in [0.2, 0.25) is 0 Å². The predicted octanol–water partition coefficient (Wildman–Crippen LogP) is 2.50. The normalized spacial score (nSPS) is 16.4. The highest BCUT2D eigenvalue weighted by molar-refractivity contribution is 5.97. The molecule has 2 N–H and O–H groups in total. The molecule has 0 bridgehead atoms. The number of carbonyl (C=O) groups is 2. The van der Waals surface area contributed by atoms with E-state index in [-0.39, 0.29) is 17.2 Å². The van der Waals surface area contributed by atoms with Gasteiger partial charge in [-0.25, -0.2) is 9.97 Å². The van der Waals surface area contributed by atoms with Crippen molar-refractivity contribution in [3.8, 4) is 0 Å². The molecule has 0 aliphatic carbocycles. The summed E-state index contributed by atoms with van der Waals surface area (Å²) in [7, 11) is 0. The Bertz CT molecular complexity index is 777. The molecule has 0 radical (unpaired) electrons. The first-order valence-electron chi connectivity index (χ1n) is 9.27. The zero-order valence-corrected chi connectivity index (χ0v) is 15.9. The average molecular weight is 357 g/mol. The van der Waals surface area contributed by atoms with Crippen LogP contribution in [0, 0.1) is 5.41 Å². The summed E-state index contributed by atoms with van der Waals surface area (Å²) in [6.07, 6.45) is 5.64. The molecular formula is C19H27N5O2. The maximum absolute atomic E-state index is 12.9. The molecule has 0 atom stereocenters. The molecule has 2 aromatic rings. The summed E-state index contributed by atoms with van der Waals surface area (Å²) in [5, 5.41) is 3.85. The summed E-state index contributed by atoms with van der Waals surface area (Å²) in [6.45, 7) is 9.28. The number of amides is 2. The van der Waals surface area contributed by atoms with Crippen molar-refractivity contribution in [1.29, 1.82) is 0 Å². The Labute approximate surface area is 153 Å². The second kappa shape index (κ2) is 6.70. The fraction of sp³-hybridized carbons (Fsp3) is 0.579. The van der Waals surface area contributed by atoms with Crippen molar-refractivity contribution in [2.75, 3.05) is 13.1 Å². The van der Waals surface area contributed by atoms with Crippen LogP contribution in [0.15, 0.2) is 18.6 Å². The highest BCUT2D eigenvalue weighted by Crippen LogP contribution is 2.36. The molecule has 0 spiro atoms. The van der Waals surface area contributed by atoms with Crippen molar-refractivity contribution in [2.45, 2.75) is 52.5 Å². The van der Waals surface area contributed by atoms with Gasteiger partial charge in [0.1, 0.15) is 17.7 Å². The third-order valence-electron chi connectivity index (χ3n) is 5.80. The second-order valence-corrected chi connectivity index (χ2v) is 7.53. The van der Waals surface area contributed by atoms with E-state index in [0.717, 1.165) is 24.6 Å². The standard InChI is InChI=1S/C19H27N5O2/c1-5-19(6-2,7-3)17(26)24-10-18(4,11-24)23-16(25)14-8-13-9-20-12-21-15(13)22-14/h8-9,12H,5-7,10-11H2,1-4H3,(H,23,25)(H,20,21,22). The molecule has 1 saturated heterocycles. The highest BCUT2D eigenvalue weighted by Gasteiger charge is 2.47. The van der Waals surface area contributed by atoms with E-state index in [0.29, 0.717) is 24.4 Å². The van der Waals surface area contributed by atoms with Gasteiger partial charge in [-0.15, -0.1) is 0 Å². The van der Waals surface area contributed by atoms with E-state index in [1.54, 1.807) is 12.3 Å². The van der Waals surface area contributed by atoms with Gasteiger partial charge in [0.25, 0.3) is 5.91 Å². The number of H-pyrrole nitrogens is 1.